The Morgan fingerprint density at radius 2 is 1.90 bits per heavy atom. The first-order chi connectivity index (χ1) is 14.3. The Bertz CT molecular complexity index is 1160. The summed E-state index contributed by atoms with van der Waals surface area (Å²) in [5.74, 6) is -0.276. The van der Waals surface area contributed by atoms with Crippen molar-refractivity contribution in [2.45, 2.75) is 37.4 Å². The number of sulfonamides is 1. The molecule has 0 bridgehead atoms. The first-order valence-corrected chi connectivity index (χ1v) is 11.7. The lowest BCUT2D eigenvalue weighted by Gasteiger charge is -2.21. The van der Waals surface area contributed by atoms with Crippen LogP contribution in [0.1, 0.15) is 32.4 Å². The third kappa shape index (κ3) is 4.31. The molecule has 9 nitrogen and oxygen atoms in total. The second-order valence-electron chi connectivity index (χ2n) is 7.52. The number of nitrogens with one attached hydrogen (secondary N) is 2. The van der Waals surface area contributed by atoms with Crippen LogP contribution in [0.15, 0.2) is 42.4 Å². The molecule has 0 saturated heterocycles. The molecule has 3 aromatic heterocycles. The molecule has 11 heteroatoms. The van der Waals surface area contributed by atoms with Crippen molar-refractivity contribution in [2.24, 2.45) is 0 Å². The van der Waals surface area contributed by atoms with Gasteiger partial charge in [-0.2, -0.15) is 0 Å². The quantitative estimate of drug-likeness (QED) is 0.574. The number of pyridine rings is 1. The highest BCUT2D eigenvalue weighted by atomic mass is 32.2. The van der Waals surface area contributed by atoms with Gasteiger partial charge in [0, 0.05) is 23.3 Å². The molecular formula is C19H20N6O3S2. The van der Waals surface area contributed by atoms with Crippen molar-refractivity contribution < 1.29 is 13.2 Å². The van der Waals surface area contributed by atoms with Gasteiger partial charge in [-0.1, -0.05) is 0 Å². The maximum atomic E-state index is 12.9. The molecule has 0 aromatic carbocycles. The van der Waals surface area contributed by atoms with Gasteiger partial charge < -0.3 is 5.32 Å². The van der Waals surface area contributed by atoms with E-state index in [1.165, 1.54) is 17.7 Å². The molecule has 3 aromatic rings. The first kappa shape index (κ1) is 20.4. The van der Waals surface area contributed by atoms with Gasteiger partial charge in [0.2, 0.25) is 15.9 Å². The number of hydrogen-bond acceptors (Lipinski definition) is 8. The fourth-order valence-corrected chi connectivity index (χ4v) is 5.14. The van der Waals surface area contributed by atoms with E-state index in [0.29, 0.717) is 29.9 Å². The minimum Gasteiger partial charge on any atom is -0.324 e. The highest BCUT2D eigenvalue weighted by Crippen LogP contribution is 2.33. The average Bonchev–Trinajstić information content (AvgIpc) is 3.50. The maximum Gasteiger partial charge on any atom is 0.237 e. The predicted octanol–water partition coefficient (Wildman–Crippen LogP) is 2.82. The van der Waals surface area contributed by atoms with Gasteiger partial charge in [-0.05, 0) is 38.8 Å². The molecule has 1 saturated carbocycles. The van der Waals surface area contributed by atoms with Crippen molar-refractivity contribution in [3.63, 3.8) is 0 Å². The van der Waals surface area contributed by atoms with Gasteiger partial charge in [-0.25, -0.2) is 23.4 Å². The highest BCUT2D eigenvalue weighted by molar-refractivity contribution is 7.93. The summed E-state index contributed by atoms with van der Waals surface area (Å²) in [5.41, 5.74) is 1.54. The molecule has 4 rings (SSSR count). The monoisotopic (exact) mass is 444 g/mol. The zero-order valence-electron chi connectivity index (χ0n) is 16.4. The Labute approximate surface area is 178 Å². The number of hydrogen-bond donors (Lipinski definition) is 2. The molecule has 0 spiro atoms. The Hall–Kier alpha value is -2.92. The van der Waals surface area contributed by atoms with E-state index in [1.807, 2.05) is 0 Å². The summed E-state index contributed by atoms with van der Waals surface area (Å²) in [4.78, 5) is 29.5. The minimum atomic E-state index is -3.39. The summed E-state index contributed by atoms with van der Waals surface area (Å²) in [5, 5.41) is 4.47. The van der Waals surface area contributed by atoms with E-state index in [4.69, 9.17) is 0 Å². The third-order valence-electron chi connectivity index (χ3n) is 4.78. The molecule has 1 aliphatic carbocycles. The fourth-order valence-electron chi connectivity index (χ4n) is 2.66. The standard InChI is InChI=1S/C19H20N6O3S2/c1-19(2,16-10-29-18(24-16)25-30(27,28)14-4-5-14)17(26)23-13-3-6-15(22-9-13)12-7-20-11-21-8-12/h3,6-11,14H,4-5H2,1-2H3,(H,23,26)(H,24,25). The van der Waals surface area contributed by atoms with Crippen molar-refractivity contribution >= 4 is 38.1 Å². The van der Waals surface area contributed by atoms with Crippen LogP contribution in [0, 0.1) is 0 Å². The number of anilines is 2. The second kappa shape index (κ2) is 7.73. The zero-order valence-corrected chi connectivity index (χ0v) is 18.0. The predicted molar refractivity (Wildman–Crippen MR) is 115 cm³/mol. The van der Waals surface area contributed by atoms with Crippen LogP contribution >= 0.6 is 11.3 Å². The minimum absolute atomic E-state index is 0.272. The molecular weight excluding hydrogens is 424 g/mol. The van der Waals surface area contributed by atoms with Gasteiger partial charge in [-0.3, -0.25) is 14.5 Å². The molecule has 3 heterocycles. The molecule has 156 valence electrons. The number of thiazole rings is 1. The Kier molecular flexibility index (Phi) is 5.24. The van der Waals surface area contributed by atoms with Crippen LogP contribution in [0.5, 0.6) is 0 Å². The van der Waals surface area contributed by atoms with Gasteiger partial charge in [-0.15, -0.1) is 11.3 Å². The van der Waals surface area contributed by atoms with Gasteiger partial charge in [0.15, 0.2) is 5.13 Å². The van der Waals surface area contributed by atoms with Crippen LogP contribution in [0.25, 0.3) is 11.3 Å². The number of carbonyl (C=O) groups is 1. The fraction of sp³-hybridized carbons (Fsp3) is 0.316. The Morgan fingerprint density at radius 3 is 2.53 bits per heavy atom. The summed E-state index contributed by atoms with van der Waals surface area (Å²) in [6.45, 7) is 3.47. The summed E-state index contributed by atoms with van der Waals surface area (Å²) in [7, 11) is -3.39. The Morgan fingerprint density at radius 1 is 1.17 bits per heavy atom. The molecule has 2 N–H and O–H groups in total. The Balaban J connectivity index is 1.45. The molecule has 30 heavy (non-hydrogen) atoms. The lowest BCUT2D eigenvalue weighted by molar-refractivity contribution is -0.120. The van der Waals surface area contributed by atoms with Crippen molar-refractivity contribution in [1.29, 1.82) is 0 Å². The highest BCUT2D eigenvalue weighted by Gasteiger charge is 2.37. The maximum absolute atomic E-state index is 12.9. The van der Waals surface area contributed by atoms with Gasteiger partial charge in [0.1, 0.15) is 6.33 Å². The van der Waals surface area contributed by atoms with Crippen molar-refractivity contribution in [3.05, 3.63) is 48.1 Å². The van der Waals surface area contributed by atoms with E-state index < -0.39 is 15.4 Å². The molecule has 0 atom stereocenters. The third-order valence-corrected chi connectivity index (χ3v) is 7.50. The van der Waals surface area contributed by atoms with E-state index in [1.54, 1.807) is 50.0 Å². The zero-order chi connectivity index (χ0) is 21.4. The number of amides is 1. The summed E-state index contributed by atoms with van der Waals surface area (Å²) in [6, 6.07) is 3.52. The smallest absolute Gasteiger partial charge is 0.237 e. The largest absolute Gasteiger partial charge is 0.324 e. The van der Waals surface area contributed by atoms with E-state index in [9.17, 15) is 13.2 Å². The van der Waals surface area contributed by atoms with Crippen molar-refractivity contribution in [1.82, 2.24) is 19.9 Å². The number of carbonyl (C=O) groups excluding carboxylic acids is 1. The second-order valence-corrected chi connectivity index (χ2v) is 10.3. The van der Waals surface area contributed by atoms with E-state index in [0.717, 1.165) is 5.56 Å². The first-order valence-electron chi connectivity index (χ1n) is 9.26. The average molecular weight is 445 g/mol. The number of rotatable bonds is 7. The van der Waals surface area contributed by atoms with Gasteiger partial charge in [0.05, 0.1) is 33.9 Å². The summed E-state index contributed by atoms with van der Waals surface area (Å²) in [6.07, 6.45) is 7.67. The number of nitrogens with zero attached hydrogens (tertiary/aromatic N) is 4. The molecule has 0 unspecified atom stereocenters. The topological polar surface area (TPSA) is 127 Å². The molecule has 1 fully saturated rings. The van der Waals surface area contributed by atoms with Crippen LogP contribution in [-0.4, -0.2) is 39.5 Å². The normalized spacial score (nSPS) is 14.3. The van der Waals surface area contributed by atoms with Crippen LogP contribution in [0.2, 0.25) is 0 Å². The van der Waals surface area contributed by atoms with Crippen LogP contribution < -0.4 is 10.0 Å². The SMILES string of the molecule is CC(C)(C(=O)Nc1ccc(-c2cncnc2)nc1)c1csc(NS(=O)(=O)C2CC2)n1. The van der Waals surface area contributed by atoms with Crippen molar-refractivity contribution in [2.75, 3.05) is 10.0 Å². The van der Waals surface area contributed by atoms with Gasteiger partial charge in [0.25, 0.3) is 0 Å². The summed E-state index contributed by atoms with van der Waals surface area (Å²) >= 11 is 1.17. The van der Waals surface area contributed by atoms with Crippen LogP contribution in [-0.2, 0) is 20.2 Å². The molecule has 1 amide bonds. The van der Waals surface area contributed by atoms with E-state index >= 15 is 0 Å². The molecule has 1 aliphatic rings. The van der Waals surface area contributed by atoms with Crippen molar-refractivity contribution in [3.8, 4) is 11.3 Å². The lowest BCUT2D eigenvalue weighted by atomic mass is 9.89. The van der Waals surface area contributed by atoms with Crippen LogP contribution in [0.3, 0.4) is 0 Å². The number of aromatic nitrogens is 4. The molecule has 0 radical (unpaired) electrons. The lowest BCUT2D eigenvalue weighted by Crippen LogP contribution is -2.35. The molecule has 0 aliphatic heterocycles. The van der Waals surface area contributed by atoms with E-state index in [2.05, 4.69) is 30.0 Å². The van der Waals surface area contributed by atoms with Gasteiger partial charge >= 0.3 is 0 Å². The van der Waals surface area contributed by atoms with E-state index in [-0.39, 0.29) is 16.3 Å². The van der Waals surface area contributed by atoms with Crippen LogP contribution in [0.4, 0.5) is 10.8 Å². The summed E-state index contributed by atoms with van der Waals surface area (Å²) < 4.78 is 26.7.